The van der Waals surface area contributed by atoms with Crippen LogP contribution in [0.1, 0.15) is 18.5 Å². The van der Waals surface area contributed by atoms with E-state index in [0.29, 0.717) is 42.0 Å². The van der Waals surface area contributed by atoms with Crippen molar-refractivity contribution in [2.75, 3.05) is 20.2 Å². The highest BCUT2D eigenvalue weighted by atomic mass is 79.9. The topological polar surface area (TPSA) is 68.7 Å². The van der Waals surface area contributed by atoms with Crippen LogP contribution in [0.25, 0.3) is 0 Å². The van der Waals surface area contributed by atoms with E-state index in [1.165, 1.54) is 11.4 Å². The molecule has 1 saturated heterocycles. The summed E-state index contributed by atoms with van der Waals surface area (Å²) in [6, 6.07) is 10.6. The van der Waals surface area contributed by atoms with Gasteiger partial charge in [-0.05, 0) is 44.0 Å². The van der Waals surface area contributed by atoms with Crippen LogP contribution in [-0.4, -0.2) is 44.0 Å². The van der Waals surface area contributed by atoms with Crippen molar-refractivity contribution >= 4 is 26.0 Å². The summed E-state index contributed by atoms with van der Waals surface area (Å²) >= 11 is 3.33. The lowest BCUT2D eigenvalue weighted by Crippen LogP contribution is -2.41. The Hall–Kier alpha value is -1.64. The van der Waals surface area contributed by atoms with Crippen LogP contribution in [0.15, 0.2) is 45.8 Å². The molecule has 1 aromatic heterocycles. The third kappa shape index (κ3) is 4.19. The van der Waals surface area contributed by atoms with Gasteiger partial charge in [-0.1, -0.05) is 22.0 Å². The summed E-state index contributed by atoms with van der Waals surface area (Å²) in [5.74, 6) is 0.926. The first-order valence-corrected chi connectivity index (χ1v) is 10.6. The zero-order chi connectivity index (χ0) is 18.7. The number of ether oxygens (including phenoxy) is 2. The van der Waals surface area contributed by atoms with E-state index in [4.69, 9.17) is 9.47 Å². The van der Waals surface area contributed by atoms with Gasteiger partial charge in [0.1, 0.15) is 16.7 Å². The molecule has 0 amide bonds. The molecule has 0 aliphatic carbocycles. The molecule has 3 rings (SSSR count). The lowest BCUT2D eigenvalue weighted by Gasteiger charge is -2.31. The molecule has 0 saturated carbocycles. The highest BCUT2D eigenvalue weighted by Crippen LogP contribution is 2.31. The third-order valence-corrected chi connectivity index (χ3v) is 6.71. The summed E-state index contributed by atoms with van der Waals surface area (Å²) in [7, 11) is -2.15. The van der Waals surface area contributed by atoms with Crippen molar-refractivity contribution in [3.8, 4) is 11.6 Å². The minimum absolute atomic E-state index is 0.0415. The number of nitrogens with zero attached hydrogens (tertiary/aromatic N) is 2. The molecule has 0 unspecified atom stereocenters. The highest BCUT2D eigenvalue weighted by molar-refractivity contribution is 9.10. The van der Waals surface area contributed by atoms with E-state index in [1.54, 1.807) is 18.2 Å². The first-order valence-electron chi connectivity index (χ1n) is 8.34. The lowest BCUT2D eigenvalue weighted by molar-refractivity contribution is 0.129. The first-order chi connectivity index (χ1) is 12.4. The Morgan fingerprint density at radius 1 is 1.19 bits per heavy atom. The second-order valence-electron chi connectivity index (χ2n) is 6.13. The molecule has 2 heterocycles. The molecular formula is C18H21BrN2O4S. The van der Waals surface area contributed by atoms with Crippen molar-refractivity contribution in [2.45, 2.75) is 30.8 Å². The Morgan fingerprint density at radius 3 is 2.58 bits per heavy atom. The number of halogens is 1. The standard InChI is InChI=1S/C18H21BrN2O4S/c1-13-4-3-5-18(20-13)25-15-8-10-21(11-9-15)26(22,23)17-12-14(19)6-7-16(17)24-2/h3-7,12,15H,8-11H2,1-2H3. The number of aryl methyl sites for hydroxylation is 1. The van der Waals surface area contributed by atoms with E-state index >= 15 is 0 Å². The number of hydrogen-bond acceptors (Lipinski definition) is 5. The molecule has 1 aliphatic heterocycles. The number of hydrogen-bond donors (Lipinski definition) is 0. The summed E-state index contributed by atoms with van der Waals surface area (Å²) < 4.78 is 39.3. The zero-order valence-corrected chi connectivity index (χ0v) is 17.1. The first kappa shape index (κ1) is 19.1. The third-order valence-electron chi connectivity index (χ3n) is 4.29. The molecule has 8 heteroatoms. The number of sulfonamides is 1. The quantitative estimate of drug-likeness (QED) is 0.712. The number of methoxy groups -OCH3 is 1. The van der Waals surface area contributed by atoms with Crippen LogP contribution in [0.3, 0.4) is 0 Å². The van der Waals surface area contributed by atoms with Gasteiger partial charge in [0.15, 0.2) is 0 Å². The molecule has 0 spiro atoms. The van der Waals surface area contributed by atoms with Crippen LogP contribution >= 0.6 is 15.9 Å². The average Bonchev–Trinajstić information content (AvgIpc) is 2.62. The molecule has 140 valence electrons. The number of benzene rings is 1. The van der Waals surface area contributed by atoms with Gasteiger partial charge in [-0.15, -0.1) is 0 Å². The predicted molar refractivity (Wildman–Crippen MR) is 102 cm³/mol. The Labute approximate surface area is 162 Å². The maximum absolute atomic E-state index is 13.0. The molecule has 26 heavy (non-hydrogen) atoms. The van der Waals surface area contributed by atoms with Crippen molar-refractivity contribution < 1.29 is 17.9 Å². The normalized spacial score (nSPS) is 16.4. The lowest BCUT2D eigenvalue weighted by atomic mass is 10.1. The fraction of sp³-hybridized carbons (Fsp3) is 0.389. The molecule has 2 aromatic rings. The van der Waals surface area contributed by atoms with Crippen molar-refractivity contribution in [1.29, 1.82) is 0 Å². The average molecular weight is 441 g/mol. The summed E-state index contributed by atoms with van der Waals surface area (Å²) in [5.41, 5.74) is 0.893. The number of rotatable bonds is 5. The summed E-state index contributed by atoms with van der Waals surface area (Å²) in [6.07, 6.45) is 1.19. The van der Waals surface area contributed by atoms with E-state index in [0.717, 1.165) is 5.69 Å². The number of pyridine rings is 1. The fourth-order valence-electron chi connectivity index (χ4n) is 2.94. The molecule has 0 radical (unpaired) electrons. The largest absolute Gasteiger partial charge is 0.495 e. The Balaban J connectivity index is 1.70. The van der Waals surface area contributed by atoms with Gasteiger partial charge in [0.2, 0.25) is 15.9 Å². The van der Waals surface area contributed by atoms with Crippen molar-refractivity contribution in [3.05, 3.63) is 46.6 Å². The summed E-state index contributed by atoms with van der Waals surface area (Å²) in [6.45, 7) is 2.70. The predicted octanol–water partition coefficient (Wildman–Crippen LogP) is 3.39. The van der Waals surface area contributed by atoms with Gasteiger partial charge in [-0.2, -0.15) is 4.31 Å². The number of piperidine rings is 1. The Morgan fingerprint density at radius 2 is 1.92 bits per heavy atom. The monoisotopic (exact) mass is 440 g/mol. The molecule has 1 fully saturated rings. The zero-order valence-electron chi connectivity index (χ0n) is 14.7. The van der Waals surface area contributed by atoms with Crippen molar-refractivity contribution in [3.63, 3.8) is 0 Å². The van der Waals surface area contributed by atoms with Crippen LogP contribution in [0.4, 0.5) is 0 Å². The molecule has 0 atom stereocenters. The van der Waals surface area contributed by atoms with Crippen LogP contribution in [0.5, 0.6) is 11.6 Å². The van der Waals surface area contributed by atoms with Crippen LogP contribution in [-0.2, 0) is 10.0 Å². The van der Waals surface area contributed by atoms with Gasteiger partial charge >= 0.3 is 0 Å². The minimum Gasteiger partial charge on any atom is -0.495 e. The molecule has 0 N–H and O–H groups in total. The maximum atomic E-state index is 13.0. The summed E-state index contributed by atoms with van der Waals surface area (Å²) in [4.78, 5) is 4.51. The van der Waals surface area contributed by atoms with E-state index < -0.39 is 10.0 Å². The van der Waals surface area contributed by atoms with E-state index in [9.17, 15) is 8.42 Å². The van der Waals surface area contributed by atoms with Crippen molar-refractivity contribution in [2.24, 2.45) is 0 Å². The highest BCUT2D eigenvalue weighted by Gasteiger charge is 2.32. The van der Waals surface area contributed by atoms with E-state index in [2.05, 4.69) is 20.9 Å². The summed E-state index contributed by atoms with van der Waals surface area (Å²) in [5, 5.41) is 0. The molecular weight excluding hydrogens is 420 g/mol. The molecule has 1 aliphatic rings. The Bertz CT molecular complexity index is 881. The molecule has 6 nitrogen and oxygen atoms in total. The van der Waals surface area contributed by atoms with Gasteiger partial charge in [-0.3, -0.25) is 0 Å². The van der Waals surface area contributed by atoms with Crippen molar-refractivity contribution in [1.82, 2.24) is 9.29 Å². The molecule has 0 bridgehead atoms. The molecule has 1 aromatic carbocycles. The second-order valence-corrected chi connectivity index (χ2v) is 8.96. The van der Waals surface area contributed by atoms with Gasteiger partial charge in [0, 0.05) is 29.3 Å². The van der Waals surface area contributed by atoms with Crippen LogP contribution in [0.2, 0.25) is 0 Å². The minimum atomic E-state index is -3.62. The van der Waals surface area contributed by atoms with Gasteiger partial charge in [-0.25, -0.2) is 13.4 Å². The Kier molecular flexibility index (Phi) is 5.84. The number of aromatic nitrogens is 1. The smallest absolute Gasteiger partial charge is 0.246 e. The SMILES string of the molecule is COc1ccc(Br)cc1S(=O)(=O)N1CCC(Oc2cccc(C)n2)CC1. The fourth-order valence-corrected chi connectivity index (χ4v) is 5.10. The van der Waals surface area contributed by atoms with Gasteiger partial charge in [0.05, 0.1) is 7.11 Å². The van der Waals surface area contributed by atoms with E-state index in [-0.39, 0.29) is 11.0 Å². The van der Waals surface area contributed by atoms with Gasteiger partial charge < -0.3 is 9.47 Å². The van der Waals surface area contributed by atoms with Crippen LogP contribution in [0, 0.1) is 6.92 Å². The van der Waals surface area contributed by atoms with Crippen LogP contribution < -0.4 is 9.47 Å². The van der Waals surface area contributed by atoms with E-state index in [1.807, 2.05) is 25.1 Å². The maximum Gasteiger partial charge on any atom is 0.246 e. The second kappa shape index (κ2) is 7.94. The van der Waals surface area contributed by atoms with Gasteiger partial charge in [0.25, 0.3) is 0 Å².